The predicted molar refractivity (Wildman–Crippen MR) is 75.9 cm³/mol. The first-order valence-corrected chi connectivity index (χ1v) is 6.35. The predicted octanol–water partition coefficient (Wildman–Crippen LogP) is 3.66. The average Bonchev–Trinajstić information content (AvgIpc) is 2.49. The minimum absolute atomic E-state index is 0.0161. The van der Waals surface area contributed by atoms with E-state index in [1.165, 1.54) is 0 Å². The normalized spacial score (nSPS) is 11.1. The number of rotatable bonds is 1. The maximum Gasteiger partial charge on any atom is 0.177 e. The Labute approximate surface area is 127 Å². The van der Waals surface area contributed by atoms with Crippen molar-refractivity contribution >= 4 is 28.3 Å². The molecule has 4 nitrogen and oxygen atoms in total. The van der Waals surface area contributed by atoms with Gasteiger partial charge in [-0.1, -0.05) is 11.6 Å². The van der Waals surface area contributed by atoms with Gasteiger partial charge in [0.25, 0.3) is 0 Å². The second-order valence-electron chi connectivity index (χ2n) is 4.46. The largest absolute Gasteiger partial charge is 0.505 e. The number of aromatic nitrogens is 2. The smallest absolute Gasteiger partial charge is 0.177 e. The van der Waals surface area contributed by atoms with Gasteiger partial charge in [0, 0.05) is 11.1 Å². The number of hydrogen-bond acceptors (Lipinski definition) is 4. The summed E-state index contributed by atoms with van der Waals surface area (Å²) in [6, 6.07) is 3.04. The van der Waals surface area contributed by atoms with Crippen molar-refractivity contribution in [3.8, 4) is 16.9 Å². The van der Waals surface area contributed by atoms with Gasteiger partial charge in [0.1, 0.15) is 23.0 Å². The summed E-state index contributed by atoms with van der Waals surface area (Å²) in [6.07, 6.45) is 1.07. The molecule has 0 fully saturated rings. The van der Waals surface area contributed by atoms with Crippen LogP contribution in [0.15, 0.2) is 24.5 Å². The van der Waals surface area contributed by atoms with Crippen LogP contribution in [0.3, 0.4) is 0 Å². The van der Waals surface area contributed by atoms with Crippen molar-refractivity contribution in [1.29, 1.82) is 0 Å². The molecule has 3 rings (SSSR count). The van der Waals surface area contributed by atoms with E-state index in [4.69, 9.17) is 17.3 Å². The Balaban J connectivity index is 2.45. The highest BCUT2D eigenvalue weighted by molar-refractivity contribution is 6.31. The number of nitrogen functional groups attached to an aromatic ring is 1. The van der Waals surface area contributed by atoms with Crippen LogP contribution >= 0.6 is 11.6 Å². The van der Waals surface area contributed by atoms with Gasteiger partial charge in [0.05, 0.1) is 10.9 Å². The van der Waals surface area contributed by atoms with E-state index in [0.717, 1.165) is 24.5 Å². The molecule has 0 atom stereocenters. The fraction of sp³-hybridized carbons (Fsp3) is 0. The first kappa shape index (κ1) is 14.4. The van der Waals surface area contributed by atoms with Gasteiger partial charge in [0.15, 0.2) is 17.4 Å². The van der Waals surface area contributed by atoms with Gasteiger partial charge < -0.3 is 10.8 Å². The zero-order valence-electron chi connectivity index (χ0n) is 10.7. The highest BCUT2D eigenvalue weighted by Gasteiger charge is 2.20. The molecule has 2 aromatic carbocycles. The lowest BCUT2D eigenvalue weighted by Crippen LogP contribution is -1.99. The molecule has 0 saturated heterocycles. The molecule has 0 radical (unpaired) electrons. The van der Waals surface area contributed by atoms with Crippen LogP contribution in [0, 0.1) is 17.5 Å². The third-order valence-corrected chi connectivity index (χ3v) is 3.53. The number of halogens is 4. The lowest BCUT2D eigenvalue weighted by atomic mass is 10.0. The topological polar surface area (TPSA) is 72.0 Å². The van der Waals surface area contributed by atoms with Crippen molar-refractivity contribution in [3.05, 3.63) is 47.0 Å². The summed E-state index contributed by atoms with van der Waals surface area (Å²) >= 11 is 5.54. The second kappa shape index (κ2) is 5.03. The van der Waals surface area contributed by atoms with Crippen molar-refractivity contribution < 1.29 is 18.3 Å². The SMILES string of the molecule is Nc1ncnc2c(-c3ccc(F)c(Cl)c3F)cc(O)c(F)c12. The van der Waals surface area contributed by atoms with Crippen LogP contribution in [0.5, 0.6) is 5.75 Å². The second-order valence-corrected chi connectivity index (χ2v) is 4.84. The molecule has 0 saturated carbocycles. The number of nitrogens with zero attached hydrogens (tertiary/aromatic N) is 2. The third kappa shape index (κ3) is 2.01. The van der Waals surface area contributed by atoms with Gasteiger partial charge in [-0.2, -0.15) is 0 Å². The van der Waals surface area contributed by atoms with E-state index >= 15 is 0 Å². The van der Waals surface area contributed by atoms with E-state index in [9.17, 15) is 18.3 Å². The van der Waals surface area contributed by atoms with E-state index in [1.54, 1.807) is 0 Å². The molecular weight excluding hydrogens is 319 g/mol. The average molecular weight is 326 g/mol. The van der Waals surface area contributed by atoms with Crippen molar-refractivity contribution in [2.24, 2.45) is 0 Å². The first-order chi connectivity index (χ1) is 10.4. The quantitative estimate of drug-likeness (QED) is 0.670. The molecule has 112 valence electrons. The summed E-state index contributed by atoms with van der Waals surface area (Å²) in [5.41, 5.74) is 5.43. The number of nitrogens with two attached hydrogens (primary N) is 1. The fourth-order valence-electron chi connectivity index (χ4n) is 2.16. The summed E-state index contributed by atoms with van der Waals surface area (Å²) < 4.78 is 41.5. The van der Waals surface area contributed by atoms with E-state index < -0.39 is 28.2 Å². The maximum atomic E-state index is 14.2. The highest BCUT2D eigenvalue weighted by atomic mass is 35.5. The zero-order valence-corrected chi connectivity index (χ0v) is 11.5. The zero-order chi connectivity index (χ0) is 16.0. The van der Waals surface area contributed by atoms with Crippen LogP contribution in [0.1, 0.15) is 0 Å². The third-order valence-electron chi connectivity index (χ3n) is 3.18. The number of anilines is 1. The van der Waals surface area contributed by atoms with Crippen LogP contribution < -0.4 is 5.73 Å². The number of phenolic OH excluding ortho intramolecular Hbond substituents is 1. The summed E-state index contributed by atoms with van der Waals surface area (Å²) in [7, 11) is 0. The van der Waals surface area contributed by atoms with E-state index in [2.05, 4.69) is 9.97 Å². The number of hydrogen-bond donors (Lipinski definition) is 2. The molecule has 0 bridgehead atoms. The van der Waals surface area contributed by atoms with Crippen molar-refractivity contribution in [2.45, 2.75) is 0 Å². The summed E-state index contributed by atoms with van der Waals surface area (Å²) in [5.74, 6) is -3.98. The molecule has 0 unspecified atom stereocenters. The Bertz CT molecular complexity index is 918. The highest BCUT2D eigenvalue weighted by Crippen LogP contribution is 2.38. The van der Waals surface area contributed by atoms with Crippen LogP contribution in [0.25, 0.3) is 22.0 Å². The van der Waals surface area contributed by atoms with E-state index in [-0.39, 0.29) is 27.8 Å². The molecule has 1 heterocycles. The summed E-state index contributed by atoms with van der Waals surface area (Å²) in [4.78, 5) is 7.50. The number of fused-ring (bicyclic) bond motifs is 1. The molecule has 8 heteroatoms. The Hall–Kier alpha value is -2.54. The Kier molecular flexibility index (Phi) is 3.29. The van der Waals surface area contributed by atoms with Gasteiger partial charge in [0.2, 0.25) is 0 Å². The maximum absolute atomic E-state index is 14.2. The van der Waals surface area contributed by atoms with Crippen LogP contribution in [-0.2, 0) is 0 Å². The number of benzene rings is 2. The van der Waals surface area contributed by atoms with Gasteiger partial charge in [-0.05, 0) is 18.2 Å². The van der Waals surface area contributed by atoms with Gasteiger partial charge >= 0.3 is 0 Å². The van der Waals surface area contributed by atoms with Crippen LogP contribution in [0.4, 0.5) is 19.0 Å². The minimum atomic E-state index is -1.05. The Morgan fingerprint density at radius 3 is 2.50 bits per heavy atom. The molecule has 3 aromatic rings. The lowest BCUT2D eigenvalue weighted by molar-refractivity contribution is 0.436. The molecule has 0 amide bonds. The van der Waals surface area contributed by atoms with Crippen molar-refractivity contribution in [1.82, 2.24) is 9.97 Å². The standard InChI is InChI=1S/C14H7ClF3N3O/c15-10-7(16)2-1-5(11(10)17)6-3-8(22)12(18)9-13(6)20-4-21-14(9)19/h1-4,22H,(H2,19,20,21). The van der Waals surface area contributed by atoms with Gasteiger partial charge in [-0.3, -0.25) is 0 Å². The summed E-state index contributed by atoms with van der Waals surface area (Å²) in [5, 5.41) is 8.72. The monoisotopic (exact) mass is 325 g/mol. The van der Waals surface area contributed by atoms with Gasteiger partial charge in [-0.15, -0.1) is 0 Å². The first-order valence-electron chi connectivity index (χ1n) is 5.97. The molecule has 0 spiro atoms. The van der Waals surface area contributed by atoms with E-state index in [0.29, 0.717) is 0 Å². The molecule has 1 aromatic heterocycles. The van der Waals surface area contributed by atoms with Gasteiger partial charge in [-0.25, -0.2) is 23.1 Å². The van der Waals surface area contributed by atoms with Crippen LogP contribution in [0.2, 0.25) is 5.02 Å². The number of phenols is 1. The molecule has 0 aliphatic rings. The van der Waals surface area contributed by atoms with E-state index in [1.807, 2.05) is 0 Å². The molecule has 22 heavy (non-hydrogen) atoms. The Morgan fingerprint density at radius 1 is 1.05 bits per heavy atom. The Morgan fingerprint density at radius 2 is 1.77 bits per heavy atom. The summed E-state index contributed by atoms with van der Waals surface area (Å²) in [6.45, 7) is 0. The fourth-order valence-corrected chi connectivity index (χ4v) is 2.32. The molecular formula is C14H7ClF3N3O. The molecule has 3 N–H and O–H groups in total. The van der Waals surface area contributed by atoms with Crippen molar-refractivity contribution in [3.63, 3.8) is 0 Å². The minimum Gasteiger partial charge on any atom is -0.505 e. The number of aromatic hydroxyl groups is 1. The molecule has 0 aliphatic heterocycles. The lowest BCUT2D eigenvalue weighted by Gasteiger charge is -2.11. The van der Waals surface area contributed by atoms with Crippen LogP contribution in [-0.4, -0.2) is 15.1 Å². The van der Waals surface area contributed by atoms with Crippen molar-refractivity contribution in [2.75, 3.05) is 5.73 Å². The molecule has 0 aliphatic carbocycles.